The Kier molecular flexibility index (Phi) is 10.3. The zero-order valence-corrected chi connectivity index (χ0v) is 22.9. The Balaban J connectivity index is 1.80. The van der Waals surface area contributed by atoms with Crippen molar-refractivity contribution in [2.75, 3.05) is 46.9 Å². The predicted molar refractivity (Wildman–Crippen MR) is 148 cm³/mol. The van der Waals surface area contributed by atoms with Crippen LogP contribution in [0.1, 0.15) is 38.7 Å². The summed E-state index contributed by atoms with van der Waals surface area (Å²) in [5.41, 5.74) is 0.670. The first-order valence-corrected chi connectivity index (χ1v) is 14.4. The van der Waals surface area contributed by atoms with Crippen LogP contribution in [0.4, 0.5) is 22.2 Å². The molecule has 1 aliphatic heterocycles. The van der Waals surface area contributed by atoms with Gasteiger partial charge in [-0.15, -0.1) is 12.3 Å². The second kappa shape index (κ2) is 13.7. The zero-order valence-electron chi connectivity index (χ0n) is 22.1. The molecule has 1 aromatic carbocycles. The minimum absolute atomic E-state index is 0.0115. The number of aromatic nitrogens is 2. The first kappa shape index (κ1) is 29.5. The molecule has 0 unspecified atom stereocenters. The SMILES string of the molecule is C#CCCS(=O)(=O)Nc1cnc(N(CC)CC)nc1N[C@@H](Cc1ccc(OC(=O)N2CCCC2)cc1)C(=O)O. The summed E-state index contributed by atoms with van der Waals surface area (Å²) in [7, 11) is -3.82. The van der Waals surface area contributed by atoms with Crippen molar-refractivity contribution >= 4 is 39.5 Å². The van der Waals surface area contributed by atoms with Crippen molar-refractivity contribution in [1.29, 1.82) is 0 Å². The number of sulfonamides is 1. The van der Waals surface area contributed by atoms with Crippen LogP contribution in [0.25, 0.3) is 0 Å². The fourth-order valence-electron chi connectivity index (χ4n) is 3.99. The van der Waals surface area contributed by atoms with Crippen LogP contribution < -0.4 is 19.7 Å². The van der Waals surface area contributed by atoms with E-state index in [9.17, 15) is 23.1 Å². The van der Waals surface area contributed by atoms with Crippen LogP contribution in [0.3, 0.4) is 0 Å². The second-order valence-corrected chi connectivity index (χ2v) is 10.8. The van der Waals surface area contributed by atoms with Gasteiger partial charge in [0, 0.05) is 39.0 Å². The topological polar surface area (TPSA) is 154 Å². The summed E-state index contributed by atoms with van der Waals surface area (Å²) in [5.74, 6) is 1.52. The van der Waals surface area contributed by atoms with E-state index in [-0.39, 0.29) is 30.1 Å². The molecule has 3 rings (SSSR count). The monoisotopic (exact) mass is 558 g/mol. The molecule has 1 aliphatic rings. The van der Waals surface area contributed by atoms with Gasteiger partial charge in [-0.25, -0.2) is 23.0 Å². The van der Waals surface area contributed by atoms with Crippen molar-refractivity contribution < 1.29 is 27.9 Å². The van der Waals surface area contributed by atoms with E-state index in [1.807, 2.05) is 18.7 Å². The molecule has 0 aliphatic carbocycles. The van der Waals surface area contributed by atoms with Gasteiger partial charge in [-0.1, -0.05) is 12.1 Å². The molecule has 0 radical (unpaired) electrons. The number of nitrogens with zero attached hydrogens (tertiary/aromatic N) is 4. The van der Waals surface area contributed by atoms with E-state index >= 15 is 0 Å². The predicted octanol–water partition coefficient (Wildman–Crippen LogP) is 2.79. The molecule has 0 bridgehead atoms. The highest BCUT2D eigenvalue weighted by molar-refractivity contribution is 7.92. The Morgan fingerprint density at radius 3 is 2.46 bits per heavy atom. The molecule has 2 aromatic rings. The number of anilines is 3. The van der Waals surface area contributed by atoms with Gasteiger partial charge in [-0.05, 0) is 44.4 Å². The third-order valence-electron chi connectivity index (χ3n) is 6.14. The third-order valence-corrected chi connectivity index (χ3v) is 7.42. The van der Waals surface area contributed by atoms with Crippen molar-refractivity contribution in [3.05, 3.63) is 36.0 Å². The van der Waals surface area contributed by atoms with E-state index in [0.717, 1.165) is 12.8 Å². The molecule has 0 saturated carbocycles. The number of amides is 1. The van der Waals surface area contributed by atoms with E-state index in [1.165, 1.54) is 6.20 Å². The van der Waals surface area contributed by atoms with Crippen LogP contribution in [0.2, 0.25) is 0 Å². The van der Waals surface area contributed by atoms with E-state index in [2.05, 4.69) is 25.9 Å². The Morgan fingerprint density at radius 1 is 1.21 bits per heavy atom. The van der Waals surface area contributed by atoms with Gasteiger partial charge in [0.05, 0.1) is 11.9 Å². The van der Waals surface area contributed by atoms with E-state index < -0.39 is 28.1 Å². The minimum Gasteiger partial charge on any atom is -0.480 e. The number of ether oxygens (including phenoxy) is 1. The van der Waals surface area contributed by atoms with Crippen LogP contribution in [0.15, 0.2) is 30.5 Å². The van der Waals surface area contributed by atoms with Crippen molar-refractivity contribution in [3.8, 4) is 18.1 Å². The molecule has 210 valence electrons. The summed E-state index contributed by atoms with van der Waals surface area (Å²) in [4.78, 5) is 36.6. The van der Waals surface area contributed by atoms with E-state index in [0.29, 0.717) is 43.4 Å². The maximum Gasteiger partial charge on any atom is 0.415 e. The Hall–Kier alpha value is -4.05. The van der Waals surface area contributed by atoms with Crippen LogP contribution >= 0.6 is 0 Å². The first-order chi connectivity index (χ1) is 18.7. The molecule has 1 atom stereocenters. The van der Waals surface area contributed by atoms with E-state index in [4.69, 9.17) is 11.2 Å². The fourth-order valence-corrected chi connectivity index (χ4v) is 4.96. The molecular formula is C26H34N6O6S. The minimum atomic E-state index is -3.82. The number of terminal acetylenes is 1. The molecular weight excluding hydrogens is 524 g/mol. The van der Waals surface area contributed by atoms with Crippen LogP contribution in [0.5, 0.6) is 5.75 Å². The van der Waals surface area contributed by atoms with Crippen LogP contribution in [0, 0.1) is 12.3 Å². The van der Waals surface area contributed by atoms with Crippen molar-refractivity contribution in [2.24, 2.45) is 0 Å². The lowest BCUT2D eigenvalue weighted by Crippen LogP contribution is -2.33. The highest BCUT2D eigenvalue weighted by Crippen LogP contribution is 2.25. The standard InChI is InChI=1S/C26H34N6O6S/c1-4-7-16-39(36,37)30-22-18-27-25(31(5-2)6-3)29-23(22)28-21(24(33)34)17-19-10-12-20(13-11-19)38-26(35)32-14-8-9-15-32/h1,10-13,18,21,30H,5-9,14-17H2,2-3H3,(H,33,34)(H,27,28,29)/t21-/m0/s1. The van der Waals surface area contributed by atoms with Crippen LogP contribution in [-0.4, -0.2) is 78.4 Å². The molecule has 13 heteroatoms. The Morgan fingerprint density at radius 2 is 1.87 bits per heavy atom. The van der Waals surface area contributed by atoms with Gasteiger partial charge >= 0.3 is 12.1 Å². The molecule has 1 saturated heterocycles. The average Bonchev–Trinajstić information content (AvgIpc) is 3.45. The molecule has 1 amide bonds. The quantitative estimate of drug-likeness (QED) is 0.313. The number of aliphatic carboxylic acids is 1. The van der Waals surface area contributed by atoms with Gasteiger partial charge in [0.15, 0.2) is 5.82 Å². The van der Waals surface area contributed by atoms with Crippen LogP contribution in [-0.2, 0) is 21.2 Å². The summed E-state index contributed by atoms with van der Waals surface area (Å²) in [6, 6.07) is 5.41. The van der Waals surface area contributed by atoms with Gasteiger partial charge in [-0.3, -0.25) is 4.72 Å². The van der Waals surface area contributed by atoms with Gasteiger partial charge in [0.2, 0.25) is 16.0 Å². The summed E-state index contributed by atoms with van der Waals surface area (Å²) >= 11 is 0. The van der Waals surface area contributed by atoms with Gasteiger partial charge in [0.25, 0.3) is 0 Å². The first-order valence-electron chi connectivity index (χ1n) is 12.8. The molecule has 12 nitrogen and oxygen atoms in total. The lowest BCUT2D eigenvalue weighted by molar-refractivity contribution is -0.137. The second-order valence-electron chi connectivity index (χ2n) is 8.92. The fraction of sp³-hybridized carbons (Fsp3) is 0.462. The summed E-state index contributed by atoms with van der Waals surface area (Å²) in [6.45, 7) is 6.37. The molecule has 1 fully saturated rings. The zero-order chi connectivity index (χ0) is 28.4. The number of rotatable bonds is 13. The van der Waals surface area contributed by atoms with Crippen molar-refractivity contribution in [2.45, 2.75) is 45.6 Å². The number of carboxylic acid groups (broad SMARTS) is 1. The number of hydrogen-bond donors (Lipinski definition) is 3. The maximum atomic E-state index is 12.5. The third kappa shape index (κ3) is 8.47. The van der Waals surface area contributed by atoms with Gasteiger partial charge < -0.3 is 25.0 Å². The largest absolute Gasteiger partial charge is 0.480 e. The number of likely N-dealkylation sites (tertiary alicyclic amines) is 1. The average molecular weight is 559 g/mol. The number of hydrogen-bond acceptors (Lipinski definition) is 9. The lowest BCUT2D eigenvalue weighted by atomic mass is 10.1. The number of carboxylic acids is 1. The normalized spacial score (nSPS) is 13.8. The smallest absolute Gasteiger partial charge is 0.415 e. The van der Waals surface area contributed by atoms with Gasteiger partial charge in [-0.2, -0.15) is 4.98 Å². The van der Waals surface area contributed by atoms with E-state index in [1.54, 1.807) is 29.2 Å². The number of carbonyl (C=O) groups excluding carboxylic acids is 1. The summed E-state index contributed by atoms with van der Waals surface area (Å²) in [6.07, 6.45) is 8.06. The van der Waals surface area contributed by atoms with Crippen molar-refractivity contribution in [3.63, 3.8) is 0 Å². The molecule has 39 heavy (non-hydrogen) atoms. The Bertz CT molecular complexity index is 1290. The maximum absolute atomic E-state index is 12.5. The Labute approximate surface area is 228 Å². The number of nitrogens with one attached hydrogen (secondary N) is 2. The van der Waals surface area contributed by atoms with Crippen molar-refractivity contribution in [1.82, 2.24) is 14.9 Å². The highest BCUT2D eigenvalue weighted by Gasteiger charge is 2.24. The molecule has 2 heterocycles. The van der Waals surface area contributed by atoms with Gasteiger partial charge in [0.1, 0.15) is 17.5 Å². The summed E-state index contributed by atoms with van der Waals surface area (Å²) < 4.78 is 32.8. The lowest BCUT2D eigenvalue weighted by Gasteiger charge is -2.22. The summed E-state index contributed by atoms with van der Waals surface area (Å²) in [5, 5.41) is 12.8. The molecule has 3 N–H and O–H groups in total. The number of carbonyl (C=O) groups is 2. The highest BCUT2D eigenvalue weighted by atomic mass is 32.2. The molecule has 1 aromatic heterocycles. The molecule has 0 spiro atoms. The number of benzene rings is 1.